The molecule has 0 N–H and O–H groups in total. The van der Waals surface area contributed by atoms with Crippen LogP contribution in [0.4, 0.5) is 0 Å². The third-order valence-electron chi connectivity index (χ3n) is 14.2. The summed E-state index contributed by atoms with van der Waals surface area (Å²) in [6.07, 6.45) is 94.0. The fourth-order valence-electron chi connectivity index (χ4n) is 9.20. The summed E-state index contributed by atoms with van der Waals surface area (Å²) in [6.45, 7) is 6.46. The Morgan fingerprint density at radius 1 is 0.263 bits per heavy atom. The molecule has 0 amide bonds. The molecule has 0 saturated carbocycles. The standard InChI is InChI=1S/C74H124O6/c1-4-7-10-13-16-18-20-22-24-26-28-30-32-34-35-36-37-38-39-41-42-44-46-48-50-52-54-56-58-61-64-67-73(76)79-70-71(69-78-72(75)66-63-60-15-12-9-6-3)80-74(77)68-65-62-59-57-55-53-51-49-47-45-43-40-33-31-29-27-25-23-21-19-17-14-11-8-5-2/h7,10,16,18,22,24,27-30,34-35,37-38,41-42,46,48,52,54,71H,4-6,8-9,11-15,17,19-21,23,25-26,31-33,36,39-40,43-45,47,49-51,53,55-70H2,1-3H3/b10-7-,18-16-,24-22-,29-27-,30-28-,35-34-,38-37-,42-41-,48-46-,54-52-. The fourth-order valence-corrected chi connectivity index (χ4v) is 9.20. The molecular formula is C74H124O6. The zero-order chi connectivity index (χ0) is 57.8. The molecule has 1 unspecified atom stereocenters. The first-order chi connectivity index (χ1) is 39.5. The van der Waals surface area contributed by atoms with Crippen LogP contribution in [0.5, 0.6) is 0 Å². The topological polar surface area (TPSA) is 78.9 Å². The van der Waals surface area contributed by atoms with Gasteiger partial charge < -0.3 is 14.2 Å². The number of esters is 3. The number of rotatable bonds is 60. The van der Waals surface area contributed by atoms with Crippen molar-refractivity contribution in [2.45, 2.75) is 316 Å². The SMILES string of the molecule is CC/C=C\C/C=C\C/C=C\C/C=C\C/C=C\C/C=C\C/C=C\C/C=C\C/C=C\CCCCCC(=O)OCC(COC(=O)CCCCCCCC)OC(=O)CCCCCCCCCCCCCCC/C=C\CCCCCCCCCC. The second-order valence-corrected chi connectivity index (χ2v) is 22.0. The Bertz CT molecular complexity index is 1650. The van der Waals surface area contributed by atoms with Crippen molar-refractivity contribution in [3.05, 3.63) is 122 Å². The van der Waals surface area contributed by atoms with E-state index in [1.165, 1.54) is 148 Å². The van der Waals surface area contributed by atoms with Crippen LogP contribution in [-0.2, 0) is 28.6 Å². The zero-order valence-electron chi connectivity index (χ0n) is 52.3. The number of unbranched alkanes of at least 4 members (excludes halogenated alkanes) is 29. The van der Waals surface area contributed by atoms with Crippen LogP contribution < -0.4 is 0 Å². The Balaban J connectivity index is 4.16. The zero-order valence-corrected chi connectivity index (χ0v) is 52.3. The smallest absolute Gasteiger partial charge is 0.306 e. The van der Waals surface area contributed by atoms with Gasteiger partial charge in [-0.25, -0.2) is 0 Å². The molecule has 0 aliphatic rings. The first kappa shape index (κ1) is 75.8. The van der Waals surface area contributed by atoms with Crippen molar-refractivity contribution < 1.29 is 28.6 Å². The van der Waals surface area contributed by atoms with Gasteiger partial charge in [0.15, 0.2) is 6.10 Å². The van der Waals surface area contributed by atoms with Gasteiger partial charge in [0, 0.05) is 19.3 Å². The van der Waals surface area contributed by atoms with Crippen molar-refractivity contribution in [1.82, 2.24) is 0 Å². The van der Waals surface area contributed by atoms with Crippen molar-refractivity contribution in [2.75, 3.05) is 13.2 Å². The van der Waals surface area contributed by atoms with Gasteiger partial charge in [0.1, 0.15) is 13.2 Å². The van der Waals surface area contributed by atoms with Crippen LogP contribution in [0.25, 0.3) is 0 Å². The molecule has 6 heteroatoms. The average molecular weight is 1110 g/mol. The van der Waals surface area contributed by atoms with E-state index in [0.717, 1.165) is 122 Å². The van der Waals surface area contributed by atoms with Crippen molar-refractivity contribution in [2.24, 2.45) is 0 Å². The molecule has 0 aromatic rings. The predicted molar refractivity (Wildman–Crippen MR) is 348 cm³/mol. The minimum Gasteiger partial charge on any atom is -0.462 e. The van der Waals surface area contributed by atoms with Gasteiger partial charge in [-0.05, 0) is 116 Å². The molecule has 0 heterocycles. The highest BCUT2D eigenvalue weighted by Gasteiger charge is 2.19. The Kier molecular flexibility index (Phi) is 63.8. The summed E-state index contributed by atoms with van der Waals surface area (Å²) >= 11 is 0. The summed E-state index contributed by atoms with van der Waals surface area (Å²) in [5, 5.41) is 0. The van der Waals surface area contributed by atoms with Gasteiger partial charge in [-0.3, -0.25) is 14.4 Å². The molecule has 0 bridgehead atoms. The van der Waals surface area contributed by atoms with E-state index in [2.05, 4.69) is 142 Å². The summed E-state index contributed by atoms with van der Waals surface area (Å²) in [5.41, 5.74) is 0. The first-order valence-corrected chi connectivity index (χ1v) is 33.5. The van der Waals surface area contributed by atoms with Crippen LogP contribution in [-0.4, -0.2) is 37.2 Å². The monoisotopic (exact) mass is 1110 g/mol. The second kappa shape index (κ2) is 67.3. The maximum atomic E-state index is 12.9. The Labute approximate surface area is 494 Å². The molecule has 0 spiro atoms. The van der Waals surface area contributed by atoms with Gasteiger partial charge in [0.2, 0.25) is 0 Å². The lowest BCUT2D eigenvalue weighted by atomic mass is 10.0. The van der Waals surface area contributed by atoms with Crippen molar-refractivity contribution in [1.29, 1.82) is 0 Å². The van der Waals surface area contributed by atoms with Crippen LogP contribution in [0.2, 0.25) is 0 Å². The number of ether oxygens (including phenoxy) is 3. The van der Waals surface area contributed by atoms with E-state index in [9.17, 15) is 14.4 Å². The quantitative estimate of drug-likeness (QED) is 0.0261. The minimum absolute atomic E-state index is 0.0892. The van der Waals surface area contributed by atoms with Crippen LogP contribution in [0.15, 0.2) is 122 Å². The largest absolute Gasteiger partial charge is 0.462 e. The van der Waals surface area contributed by atoms with E-state index in [1.54, 1.807) is 0 Å². The molecule has 0 saturated heterocycles. The number of carbonyl (C=O) groups is 3. The number of hydrogen-bond acceptors (Lipinski definition) is 6. The van der Waals surface area contributed by atoms with Crippen LogP contribution in [0.1, 0.15) is 310 Å². The van der Waals surface area contributed by atoms with Gasteiger partial charge in [-0.15, -0.1) is 0 Å². The molecule has 0 rings (SSSR count). The van der Waals surface area contributed by atoms with E-state index in [0.29, 0.717) is 19.3 Å². The molecule has 6 nitrogen and oxygen atoms in total. The summed E-state index contributed by atoms with van der Waals surface area (Å²) in [7, 11) is 0. The molecule has 80 heavy (non-hydrogen) atoms. The highest BCUT2D eigenvalue weighted by Crippen LogP contribution is 2.16. The third-order valence-corrected chi connectivity index (χ3v) is 14.2. The molecule has 0 radical (unpaired) electrons. The lowest BCUT2D eigenvalue weighted by Gasteiger charge is -2.18. The molecule has 456 valence electrons. The number of hydrogen-bond donors (Lipinski definition) is 0. The first-order valence-electron chi connectivity index (χ1n) is 33.5. The summed E-state index contributed by atoms with van der Waals surface area (Å²) < 4.78 is 16.8. The molecule has 0 aromatic carbocycles. The molecule has 0 fully saturated rings. The molecule has 0 aromatic heterocycles. The lowest BCUT2D eigenvalue weighted by molar-refractivity contribution is -0.167. The van der Waals surface area contributed by atoms with E-state index in [1.807, 2.05) is 0 Å². The molecule has 0 aliphatic carbocycles. The average Bonchev–Trinajstić information content (AvgIpc) is 3.46. The highest BCUT2D eigenvalue weighted by molar-refractivity contribution is 5.71. The summed E-state index contributed by atoms with van der Waals surface area (Å²) in [4.78, 5) is 38.0. The predicted octanol–water partition coefficient (Wildman–Crippen LogP) is 23.2. The Hall–Kier alpha value is -4.19. The van der Waals surface area contributed by atoms with Gasteiger partial charge in [-0.1, -0.05) is 296 Å². The third kappa shape index (κ3) is 64.6. The van der Waals surface area contributed by atoms with E-state index in [-0.39, 0.29) is 31.1 Å². The van der Waals surface area contributed by atoms with Crippen LogP contribution >= 0.6 is 0 Å². The van der Waals surface area contributed by atoms with Gasteiger partial charge in [0.05, 0.1) is 0 Å². The Morgan fingerprint density at radius 2 is 0.487 bits per heavy atom. The lowest BCUT2D eigenvalue weighted by Crippen LogP contribution is -2.30. The van der Waals surface area contributed by atoms with Gasteiger partial charge in [0.25, 0.3) is 0 Å². The molecular weight excluding hydrogens is 985 g/mol. The van der Waals surface area contributed by atoms with Crippen molar-refractivity contribution in [3.8, 4) is 0 Å². The second-order valence-electron chi connectivity index (χ2n) is 22.0. The van der Waals surface area contributed by atoms with Gasteiger partial charge >= 0.3 is 17.9 Å². The fraction of sp³-hybridized carbons (Fsp3) is 0.689. The van der Waals surface area contributed by atoms with E-state index in [4.69, 9.17) is 14.2 Å². The Morgan fingerprint density at radius 3 is 0.787 bits per heavy atom. The maximum absolute atomic E-state index is 12.9. The number of allylic oxidation sites excluding steroid dienone is 20. The normalized spacial score (nSPS) is 12.9. The van der Waals surface area contributed by atoms with Crippen LogP contribution in [0.3, 0.4) is 0 Å². The van der Waals surface area contributed by atoms with Crippen LogP contribution in [0, 0.1) is 0 Å². The minimum atomic E-state index is -0.792. The van der Waals surface area contributed by atoms with Crippen molar-refractivity contribution in [3.63, 3.8) is 0 Å². The maximum Gasteiger partial charge on any atom is 0.306 e. The molecule has 0 aliphatic heterocycles. The number of carbonyl (C=O) groups excluding carboxylic acids is 3. The molecule has 1 atom stereocenters. The van der Waals surface area contributed by atoms with E-state index < -0.39 is 6.10 Å². The highest BCUT2D eigenvalue weighted by atomic mass is 16.6. The van der Waals surface area contributed by atoms with E-state index >= 15 is 0 Å². The van der Waals surface area contributed by atoms with Crippen molar-refractivity contribution >= 4 is 17.9 Å². The van der Waals surface area contributed by atoms with Gasteiger partial charge in [-0.2, -0.15) is 0 Å². The summed E-state index contributed by atoms with van der Waals surface area (Å²) in [5.74, 6) is -0.928. The summed E-state index contributed by atoms with van der Waals surface area (Å²) in [6, 6.07) is 0.